The van der Waals surface area contributed by atoms with E-state index in [1.165, 1.54) is 10.8 Å². The van der Waals surface area contributed by atoms with Gasteiger partial charge in [0.15, 0.2) is 0 Å². The molecule has 0 amide bonds. The van der Waals surface area contributed by atoms with Gasteiger partial charge in [0.05, 0.1) is 0 Å². The van der Waals surface area contributed by atoms with Gasteiger partial charge in [0, 0.05) is 0 Å². The van der Waals surface area contributed by atoms with Crippen molar-refractivity contribution in [3.8, 4) is 0 Å². The second-order valence-corrected chi connectivity index (χ2v) is 11.7. The van der Waals surface area contributed by atoms with Crippen molar-refractivity contribution >= 4 is 46.2 Å². The summed E-state index contributed by atoms with van der Waals surface area (Å²) in [5.41, 5.74) is 0. The van der Waals surface area contributed by atoms with Crippen LogP contribution in [0.1, 0.15) is 6.42 Å². The Hall–Kier alpha value is 1.43. The summed E-state index contributed by atoms with van der Waals surface area (Å²) < 4.78 is 3.77. The number of allylic oxidation sites excluding steroid dienone is 1. The second kappa shape index (κ2) is 3.56. The van der Waals surface area contributed by atoms with Gasteiger partial charge in [-0.1, -0.05) is 0 Å². The van der Waals surface area contributed by atoms with Crippen molar-refractivity contribution in [1.29, 1.82) is 0 Å². The van der Waals surface area contributed by atoms with Crippen LogP contribution in [0.25, 0.3) is 0 Å². The first-order chi connectivity index (χ1) is 3.79. The predicted octanol–water partition coefficient (Wildman–Crippen LogP) is 3.48. The van der Waals surface area contributed by atoms with Crippen molar-refractivity contribution in [3.63, 3.8) is 0 Å². The molecule has 1 atom stereocenters. The Kier molecular flexibility index (Phi) is 3.36. The van der Waals surface area contributed by atoms with Crippen molar-refractivity contribution in [1.82, 2.24) is 0 Å². The van der Waals surface area contributed by atoms with Crippen LogP contribution in [0.3, 0.4) is 0 Å². The Bertz CT molecular complexity index is 90.6. The fourth-order valence-corrected chi connectivity index (χ4v) is 6.85. The van der Waals surface area contributed by atoms with Crippen molar-refractivity contribution in [2.24, 2.45) is 0 Å². The van der Waals surface area contributed by atoms with E-state index < -0.39 is 17.6 Å². The molecule has 1 unspecified atom stereocenters. The van der Waals surface area contributed by atoms with Gasteiger partial charge in [0.25, 0.3) is 0 Å². The summed E-state index contributed by atoms with van der Waals surface area (Å²) in [6.07, 6.45) is 3.59. The van der Waals surface area contributed by atoms with Crippen LogP contribution in [0.2, 0.25) is 0 Å². The molecule has 1 rings (SSSR count). The number of hydrogen-bond acceptors (Lipinski definition) is 0. The van der Waals surface area contributed by atoms with E-state index in [2.05, 4.69) is 38.8 Å². The first kappa shape index (κ1) is 7.54. The first-order valence-electron chi connectivity index (χ1n) is 2.42. The molecule has 0 spiro atoms. The zero-order valence-corrected chi connectivity index (χ0v) is 9.61. The molecule has 0 saturated carbocycles. The molecule has 0 aromatic heterocycles. The summed E-state index contributed by atoms with van der Waals surface area (Å²) in [5.74, 6) is 0. The van der Waals surface area contributed by atoms with E-state index in [-0.39, 0.29) is 0 Å². The quantitative estimate of drug-likeness (QED) is 0.462. The maximum absolute atomic E-state index is 3.66. The summed E-state index contributed by atoms with van der Waals surface area (Å²) in [5, 5.41) is 0. The Labute approximate surface area is 71.4 Å². The van der Waals surface area contributed by atoms with Crippen LogP contribution >= 0.6 is 46.2 Å². The van der Waals surface area contributed by atoms with Gasteiger partial charge in [-0.3, -0.25) is 0 Å². The average Bonchev–Trinajstić information content (AvgIpc) is 1.77. The molecule has 0 aliphatic carbocycles. The molecule has 0 radical (unpaired) electrons. The molecule has 0 bridgehead atoms. The fourth-order valence-electron chi connectivity index (χ4n) is 0.526. The molecule has 0 saturated heterocycles. The third kappa shape index (κ3) is 2.35. The van der Waals surface area contributed by atoms with Crippen LogP contribution in [0.15, 0.2) is 10.2 Å². The van der Waals surface area contributed by atoms with Crippen LogP contribution in [0, 0.1) is 0 Å². The molecule has 1 aliphatic rings. The zero-order chi connectivity index (χ0) is 5.98. The third-order valence-corrected chi connectivity index (χ3v) is 7.95. The van der Waals surface area contributed by atoms with E-state index in [0.29, 0.717) is 4.83 Å². The molecular formula is C5H7Br2I. The first-order valence-corrected chi connectivity index (χ1v) is 10.9. The third-order valence-electron chi connectivity index (χ3n) is 0.984. The second-order valence-electron chi connectivity index (χ2n) is 1.65. The van der Waals surface area contributed by atoms with Crippen LogP contribution in [-0.2, 0) is 0 Å². The van der Waals surface area contributed by atoms with Crippen molar-refractivity contribution in [2.45, 2.75) is 11.2 Å². The van der Waals surface area contributed by atoms with Gasteiger partial charge < -0.3 is 0 Å². The Morgan fingerprint density at radius 1 is 1.62 bits per heavy atom. The van der Waals surface area contributed by atoms with Crippen molar-refractivity contribution in [3.05, 3.63) is 10.2 Å². The topological polar surface area (TPSA) is 0 Å². The van der Waals surface area contributed by atoms with Gasteiger partial charge in [-0.05, 0) is 0 Å². The molecule has 1 heterocycles. The van der Waals surface area contributed by atoms with Gasteiger partial charge in [0.1, 0.15) is 0 Å². The minimum atomic E-state index is -0.679. The van der Waals surface area contributed by atoms with Gasteiger partial charge in [0.2, 0.25) is 0 Å². The molecule has 1 aliphatic heterocycles. The molecule has 0 aromatic rings. The zero-order valence-electron chi connectivity index (χ0n) is 4.28. The number of hydrogen-bond donors (Lipinski definition) is 0. The van der Waals surface area contributed by atoms with E-state index in [9.17, 15) is 0 Å². The standard InChI is InChI=1S/C5H7Br2I/c6-5-1-3-8(7)4-2-5/h1,3,5H,2,4H2. The van der Waals surface area contributed by atoms with E-state index in [1.54, 1.807) is 0 Å². The number of rotatable bonds is 0. The van der Waals surface area contributed by atoms with Crippen LogP contribution in [0.5, 0.6) is 0 Å². The summed E-state index contributed by atoms with van der Waals surface area (Å²) in [6.45, 7) is 0. The van der Waals surface area contributed by atoms with E-state index >= 15 is 0 Å². The molecular weight excluding hydrogens is 347 g/mol. The maximum atomic E-state index is 3.66. The summed E-state index contributed by atoms with van der Waals surface area (Å²) in [6, 6.07) is 0. The number of halogens is 3. The predicted molar refractivity (Wildman–Crippen MR) is 54.3 cm³/mol. The van der Waals surface area contributed by atoms with Gasteiger partial charge in [-0.2, -0.15) is 0 Å². The Morgan fingerprint density at radius 3 is 2.75 bits per heavy atom. The summed E-state index contributed by atoms with van der Waals surface area (Å²) in [7, 11) is 0. The Morgan fingerprint density at radius 2 is 2.38 bits per heavy atom. The Balaban J connectivity index is 2.42. The van der Waals surface area contributed by atoms with Crippen LogP contribution in [-0.4, -0.2) is 9.25 Å². The molecule has 0 fully saturated rings. The molecule has 48 valence electrons. The van der Waals surface area contributed by atoms with Crippen LogP contribution < -0.4 is 0 Å². The molecule has 0 nitrogen and oxygen atoms in total. The van der Waals surface area contributed by atoms with Crippen molar-refractivity contribution in [2.75, 3.05) is 4.43 Å². The van der Waals surface area contributed by atoms with Crippen LogP contribution in [0.4, 0.5) is 0 Å². The fraction of sp³-hybridized carbons (Fsp3) is 0.600. The molecule has 8 heavy (non-hydrogen) atoms. The minimum absolute atomic E-state index is 0.661. The van der Waals surface area contributed by atoms with Gasteiger partial charge >= 0.3 is 72.0 Å². The molecule has 0 aromatic carbocycles. The van der Waals surface area contributed by atoms with E-state index in [0.717, 1.165) is 0 Å². The van der Waals surface area contributed by atoms with Crippen molar-refractivity contribution < 1.29 is 0 Å². The molecule has 0 N–H and O–H groups in total. The monoisotopic (exact) mass is 352 g/mol. The van der Waals surface area contributed by atoms with Gasteiger partial charge in [-0.25, -0.2) is 0 Å². The summed E-state index contributed by atoms with van der Waals surface area (Å²) in [4.78, 5) is 0.661. The van der Waals surface area contributed by atoms with E-state index in [4.69, 9.17) is 0 Å². The normalized spacial score (nSPS) is 33.2. The summed E-state index contributed by atoms with van der Waals surface area (Å²) >= 11 is 6.52. The number of alkyl halides is 2. The van der Waals surface area contributed by atoms with E-state index in [1.807, 2.05) is 0 Å². The average molecular weight is 354 g/mol. The SMILES string of the molecule is BrC1C=CI(Br)CC1. The molecule has 3 heteroatoms. The van der Waals surface area contributed by atoms with Gasteiger partial charge in [-0.15, -0.1) is 0 Å².